The van der Waals surface area contributed by atoms with Gasteiger partial charge in [-0.05, 0) is 41.5 Å². The third-order valence-electron chi connectivity index (χ3n) is 4.14. The molecule has 3 rings (SSSR count). The average molecular weight is 406 g/mol. The minimum absolute atomic E-state index is 0.311. The van der Waals surface area contributed by atoms with Crippen molar-refractivity contribution in [3.63, 3.8) is 0 Å². The van der Waals surface area contributed by atoms with Crippen LogP contribution < -0.4 is 10.6 Å². The Hall–Kier alpha value is -4.00. The molecule has 3 aromatic carbocycles. The smallest absolute Gasteiger partial charge is 0.339 e. The molecule has 6 nitrogen and oxygen atoms in total. The van der Waals surface area contributed by atoms with Crippen molar-refractivity contribution in [2.24, 2.45) is 0 Å². The number of nitrogens with one attached hydrogen (secondary N) is 2. The van der Waals surface area contributed by atoms with Gasteiger partial charge in [-0.2, -0.15) is 0 Å². The molecule has 0 unspecified atom stereocenters. The highest BCUT2D eigenvalue weighted by molar-refractivity contribution is 5.99. The monoisotopic (exact) mass is 406 g/mol. The number of anilines is 1. The summed E-state index contributed by atoms with van der Waals surface area (Å²) in [6.07, 6.45) is 0. The van der Waals surface area contributed by atoms with E-state index in [-0.39, 0.29) is 6.54 Å². The van der Waals surface area contributed by atoms with Gasteiger partial charge in [0.15, 0.2) is 6.61 Å². The van der Waals surface area contributed by atoms with E-state index in [0.29, 0.717) is 16.8 Å². The van der Waals surface area contributed by atoms with Gasteiger partial charge in [0.25, 0.3) is 5.91 Å². The first-order valence-corrected chi connectivity index (χ1v) is 9.16. The molecule has 2 amide bonds. The molecule has 7 heteroatoms. The summed E-state index contributed by atoms with van der Waals surface area (Å²) in [7, 11) is 0. The zero-order chi connectivity index (χ0) is 21.3. The molecule has 0 saturated heterocycles. The number of rotatable bonds is 7. The molecule has 0 fully saturated rings. The fourth-order valence-corrected chi connectivity index (χ4v) is 2.71. The van der Waals surface area contributed by atoms with Crippen molar-refractivity contribution in [1.82, 2.24) is 5.32 Å². The van der Waals surface area contributed by atoms with Crippen LogP contribution in [-0.4, -0.2) is 30.9 Å². The van der Waals surface area contributed by atoms with Crippen LogP contribution in [0.2, 0.25) is 0 Å². The SMILES string of the molecule is O=C(COC(=O)c1ccccc1-c1ccccc1)NCC(=O)Nc1ccc(F)cc1. The van der Waals surface area contributed by atoms with E-state index in [1.165, 1.54) is 24.3 Å². The summed E-state index contributed by atoms with van der Waals surface area (Å²) >= 11 is 0. The lowest BCUT2D eigenvalue weighted by molar-refractivity contribution is -0.126. The van der Waals surface area contributed by atoms with Crippen LogP contribution in [0.1, 0.15) is 10.4 Å². The minimum atomic E-state index is -0.639. The van der Waals surface area contributed by atoms with Gasteiger partial charge >= 0.3 is 5.97 Å². The minimum Gasteiger partial charge on any atom is -0.452 e. The van der Waals surface area contributed by atoms with Gasteiger partial charge < -0.3 is 15.4 Å². The molecule has 3 aromatic rings. The molecule has 0 saturated carbocycles. The first-order chi connectivity index (χ1) is 14.5. The molecule has 0 aromatic heterocycles. The highest BCUT2D eigenvalue weighted by atomic mass is 19.1. The molecule has 0 heterocycles. The second-order valence-corrected chi connectivity index (χ2v) is 6.32. The van der Waals surface area contributed by atoms with Crippen LogP contribution in [0.15, 0.2) is 78.9 Å². The molecule has 0 aliphatic rings. The lowest BCUT2D eigenvalue weighted by atomic mass is 10.00. The number of carbonyl (C=O) groups excluding carboxylic acids is 3. The normalized spacial score (nSPS) is 10.2. The zero-order valence-electron chi connectivity index (χ0n) is 15.9. The van der Waals surface area contributed by atoms with Crippen molar-refractivity contribution in [3.8, 4) is 11.1 Å². The second-order valence-electron chi connectivity index (χ2n) is 6.32. The van der Waals surface area contributed by atoms with Crippen LogP contribution in [0.3, 0.4) is 0 Å². The maximum atomic E-state index is 12.9. The van der Waals surface area contributed by atoms with Crippen LogP contribution in [0.25, 0.3) is 11.1 Å². The Balaban J connectivity index is 1.50. The summed E-state index contributed by atoms with van der Waals surface area (Å²) < 4.78 is 18.0. The zero-order valence-corrected chi connectivity index (χ0v) is 15.9. The summed E-state index contributed by atoms with van der Waals surface area (Å²) in [5, 5.41) is 4.88. The van der Waals surface area contributed by atoms with Crippen molar-refractivity contribution in [2.45, 2.75) is 0 Å². The number of hydrogen-bond acceptors (Lipinski definition) is 4. The maximum absolute atomic E-state index is 12.9. The summed E-state index contributed by atoms with van der Waals surface area (Å²) in [6, 6.07) is 21.5. The summed E-state index contributed by atoms with van der Waals surface area (Å²) in [5.41, 5.74) is 2.29. The molecule has 0 spiro atoms. The van der Waals surface area contributed by atoms with Crippen molar-refractivity contribution < 1.29 is 23.5 Å². The Kier molecular flexibility index (Phi) is 6.89. The number of halogens is 1. The summed E-state index contributed by atoms with van der Waals surface area (Å²) in [6.45, 7) is -0.833. The van der Waals surface area contributed by atoms with Gasteiger partial charge in [-0.25, -0.2) is 9.18 Å². The first-order valence-electron chi connectivity index (χ1n) is 9.16. The van der Waals surface area contributed by atoms with E-state index in [2.05, 4.69) is 10.6 Å². The Morgan fingerprint density at radius 2 is 1.47 bits per heavy atom. The van der Waals surface area contributed by atoms with Gasteiger partial charge in [0, 0.05) is 5.69 Å². The van der Waals surface area contributed by atoms with Gasteiger partial charge in [0.2, 0.25) is 5.91 Å². The molecular weight excluding hydrogens is 387 g/mol. The molecule has 0 aliphatic carbocycles. The quantitative estimate of drug-likeness (QED) is 0.589. The van der Waals surface area contributed by atoms with Gasteiger partial charge in [-0.1, -0.05) is 48.5 Å². The van der Waals surface area contributed by atoms with Gasteiger partial charge in [0.1, 0.15) is 5.82 Å². The maximum Gasteiger partial charge on any atom is 0.339 e. The van der Waals surface area contributed by atoms with Gasteiger partial charge in [-0.3, -0.25) is 9.59 Å². The fourth-order valence-electron chi connectivity index (χ4n) is 2.71. The number of benzene rings is 3. The first kappa shape index (κ1) is 20.7. The molecule has 0 radical (unpaired) electrons. The highest BCUT2D eigenvalue weighted by Crippen LogP contribution is 2.23. The van der Waals surface area contributed by atoms with Crippen LogP contribution in [0.4, 0.5) is 10.1 Å². The molecule has 30 heavy (non-hydrogen) atoms. The Morgan fingerprint density at radius 1 is 0.800 bits per heavy atom. The van der Waals surface area contributed by atoms with Crippen LogP contribution >= 0.6 is 0 Å². The lowest BCUT2D eigenvalue weighted by Gasteiger charge is -2.10. The molecule has 2 N–H and O–H groups in total. The van der Waals surface area contributed by atoms with Crippen LogP contribution in [-0.2, 0) is 14.3 Å². The van der Waals surface area contributed by atoms with Crippen molar-refractivity contribution in [3.05, 3.63) is 90.2 Å². The second kappa shape index (κ2) is 9.97. The van der Waals surface area contributed by atoms with E-state index in [1.807, 2.05) is 36.4 Å². The molecular formula is C23H19FN2O4. The molecule has 0 bridgehead atoms. The number of carbonyl (C=O) groups is 3. The topological polar surface area (TPSA) is 84.5 Å². The van der Waals surface area contributed by atoms with Crippen molar-refractivity contribution in [1.29, 1.82) is 0 Å². The highest BCUT2D eigenvalue weighted by Gasteiger charge is 2.15. The Morgan fingerprint density at radius 3 is 2.20 bits per heavy atom. The standard InChI is InChI=1S/C23H19FN2O4/c24-17-10-12-18(13-11-17)26-21(27)14-25-22(28)15-30-23(29)20-9-5-4-8-19(20)16-6-2-1-3-7-16/h1-13H,14-15H2,(H,25,28)(H,26,27). The van der Waals surface area contributed by atoms with Gasteiger partial charge in [0.05, 0.1) is 12.1 Å². The predicted molar refractivity (Wildman–Crippen MR) is 110 cm³/mol. The van der Waals surface area contributed by atoms with Crippen molar-refractivity contribution in [2.75, 3.05) is 18.5 Å². The van der Waals surface area contributed by atoms with Crippen molar-refractivity contribution >= 4 is 23.5 Å². The van der Waals surface area contributed by atoms with Crippen LogP contribution in [0, 0.1) is 5.82 Å². The number of ether oxygens (including phenoxy) is 1. The number of amides is 2. The fraction of sp³-hybridized carbons (Fsp3) is 0.0870. The average Bonchev–Trinajstić information content (AvgIpc) is 2.78. The largest absolute Gasteiger partial charge is 0.452 e. The van der Waals surface area contributed by atoms with Crippen LogP contribution in [0.5, 0.6) is 0 Å². The van der Waals surface area contributed by atoms with E-state index in [0.717, 1.165) is 5.56 Å². The molecule has 0 atom stereocenters. The molecule has 0 aliphatic heterocycles. The third-order valence-corrected chi connectivity index (χ3v) is 4.14. The van der Waals surface area contributed by atoms with Gasteiger partial charge in [-0.15, -0.1) is 0 Å². The van der Waals surface area contributed by atoms with E-state index in [1.54, 1.807) is 18.2 Å². The number of hydrogen-bond donors (Lipinski definition) is 2. The summed E-state index contributed by atoms with van der Waals surface area (Å²) in [4.78, 5) is 36.2. The number of esters is 1. The Labute approximate surface area is 172 Å². The predicted octanol–water partition coefficient (Wildman–Crippen LogP) is 3.40. The Bertz CT molecular complexity index is 1040. The van der Waals surface area contributed by atoms with E-state index in [4.69, 9.17) is 4.74 Å². The van der Waals surface area contributed by atoms with E-state index >= 15 is 0 Å². The summed E-state index contributed by atoms with van der Waals surface area (Å²) in [5.74, 6) is -2.16. The molecule has 152 valence electrons. The van der Waals surface area contributed by atoms with E-state index < -0.39 is 30.2 Å². The lowest BCUT2D eigenvalue weighted by Crippen LogP contribution is -2.35. The van der Waals surface area contributed by atoms with E-state index in [9.17, 15) is 18.8 Å². The third kappa shape index (κ3) is 5.75.